The van der Waals surface area contributed by atoms with Crippen LogP contribution >= 0.6 is 0 Å². The molecule has 0 heterocycles. The van der Waals surface area contributed by atoms with E-state index in [2.05, 4.69) is 25.9 Å². The number of likely N-dealkylation sites (N-methyl/N-ethyl adjacent to an activating group) is 1. The molecule has 0 rings (SSSR count). The largest absolute Gasteiger partial charge is 0.380 e. The Balaban J connectivity index is 3.31. The maximum atomic E-state index is 5.17. The normalized spacial score (nSPS) is 14.3. The minimum Gasteiger partial charge on any atom is -0.380 e. The first-order valence-corrected chi connectivity index (χ1v) is 3.38. The van der Waals surface area contributed by atoms with Crippen molar-refractivity contribution in [2.24, 2.45) is 0 Å². The summed E-state index contributed by atoms with van der Waals surface area (Å²) in [5.74, 6) is 0. The van der Waals surface area contributed by atoms with E-state index in [0.717, 1.165) is 13.0 Å². The van der Waals surface area contributed by atoms with Crippen LogP contribution in [0.1, 0.15) is 13.3 Å². The molecular weight excluding hydrogens is 114 g/mol. The van der Waals surface area contributed by atoms with E-state index in [-0.39, 0.29) is 0 Å². The molecular formula is C7H17NO. The molecule has 0 unspecified atom stereocenters. The highest BCUT2D eigenvalue weighted by Crippen LogP contribution is 1.95. The van der Waals surface area contributed by atoms with Crippen molar-refractivity contribution in [1.29, 1.82) is 0 Å². The summed E-state index contributed by atoms with van der Waals surface area (Å²) in [6, 6.07) is 0. The van der Waals surface area contributed by atoms with Crippen LogP contribution in [0.15, 0.2) is 0 Å². The van der Waals surface area contributed by atoms with Crippen LogP contribution in [0.25, 0.3) is 0 Å². The summed E-state index contributed by atoms with van der Waals surface area (Å²) in [6.07, 6.45) is 1.49. The molecule has 0 saturated carbocycles. The zero-order valence-electron chi connectivity index (χ0n) is 6.85. The van der Waals surface area contributed by atoms with Crippen LogP contribution in [0, 0.1) is 0 Å². The third-order valence-electron chi connectivity index (χ3n) is 1.36. The van der Waals surface area contributed by atoms with Gasteiger partial charge in [0.05, 0.1) is 6.10 Å². The Labute approximate surface area is 57.8 Å². The van der Waals surface area contributed by atoms with Crippen molar-refractivity contribution in [1.82, 2.24) is 4.90 Å². The maximum absolute atomic E-state index is 5.17. The molecule has 0 aromatic carbocycles. The van der Waals surface area contributed by atoms with Gasteiger partial charge in [0.2, 0.25) is 0 Å². The molecule has 1 atom stereocenters. The average Bonchev–Trinajstić information content (AvgIpc) is 1.82. The number of ether oxygens (including phenoxy) is 1. The highest BCUT2D eigenvalue weighted by molar-refractivity contribution is 4.56. The molecule has 2 heteroatoms. The lowest BCUT2D eigenvalue weighted by atomic mass is 10.3. The third-order valence-corrected chi connectivity index (χ3v) is 1.36. The zero-order valence-corrected chi connectivity index (χ0v) is 6.85. The van der Waals surface area contributed by atoms with Crippen LogP contribution in [0.5, 0.6) is 0 Å². The number of methoxy groups -OCH3 is 1. The van der Waals surface area contributed by atoms with Gasteiger partial charge in [0.15, 0.2) is 0 Å². The lowest BCUT2D eigenvalue weighted by Crippen LogP contribution is -2.26. The number of nitrogens with zero attached hydrogens (tertiary/aromatic N) is 1. The van der Waals surface area contributed by atoms with Gasteiger partial charge < -0.3 is 9.64 Å². The minimum atomic E-state index is 0.403. The summed E-state index contributed by atoms with van der Waals surface area (Å²) < 4.78 is 5.17. The highest BCUT2D eigenvalue weighted by Gasteiger charge is 2.03. The topological polar surface area (TPSA) is 12.5 Å². The predicted molar refractivity (Wildman–Crippen MR) is 39.6 cm³/mol. The molecule has 0 bridgehead atoms. The second-order valence-corrected chi connectivity index (χ2v) is 2.53. The van der Waals surface area contributed by atoms with Gasteiger partial charge in [0.1, 0.15) is 0 Å². The molecule has 0 aliphatic carbocycles. The van der Waals surface area contributed by atoms with E-state index in [1.807, 2.05) is 0 Å². The van der Waals surface area contributed by atoms with Gasteiger partial charge in [-0.2, -0.15) is 0 Å². The maximum Gasteiger partial charge on any atom is 0.0695 e. The van der Waals surface area contributed by atoms with Gasteiger partial charge in [-0.25, -0.2) is 0 Å². The first-order valence-electron chi connectivity index (χ1n) is 3.38. The van der Waals surface area contributed by atoms with Crippen molar-refractivity contribution >= 4 is 0 Å². The molecule has 56 valence electrons. The van der Waals surface area contributed by atoms with Gasteiger partial charge in [-0.05, 0) is 20.5 Å². The van der Waals surface area contributed by atoms with E-state index in [4.69, 9.17) is 4.74 Å². The number of hydrogen-bond donors (Lipinski definition) is 0. The monoisotopic (exact) mass is 131 g/mol. The van der Waals surface area contributed by atoms with Crippen LogP contribution in [-0.2, 0) is 4.74 Å². The number of hydrogen-bond acceptors (Lipinski definition) is 2. The van der Waals surface area contributed by atoms with E-state index in [1.54, 1.807) is 7.11 Å². The quantitative estimate of drug-likeness (QED) is 0.563. The molecule has 0 saturated heterocycles. The lowest BCUT2D eigenvalue weighted by Gasteiger charge is -2.17. The molecule has 9 heavy (non-hydrogen) atoms. The van der Waals surface area contributed by atoms with Crippen LogP contribution < -0.4 is 0 Å². The molecule has 0 fully saturated rings. The molecule has 0 aromatic heterocycles. The SMILES string of the molecule is CC[C@H](CN(C)C)OC. The Morgan fingerprint density at radius 3 is 2.11 bits per heavy atom. The molecule has 0 N–H and O–H groups in total. The van der Waals surface area contributed by atoms with Crippen molar-refractivity contribution in [3.63, 3.8) is 0 Å². The minimum absolute atomic E-state index is 0.403. The van der Waals surface area contributed by atoms with E-state index < -0.39 is 0 Å². The van der Waals surface area contributed by atoms with E-state index in [9.17, 15) is 0 Å². The van der Waals surface area contributed by atoms with E-state index in [1.165, 1.54) is 0 Å². The third kappa shape index (κ3) is 4.43. The lowest BCUT2D eigenvalue weighted by molar-refractivity contribution is 0.0757. The van der Waals surface area contributed by atoms with Crippen molar-refractivity contribution in [3.05, 3.63) is 0 Å². The van der Waals surface area contributed by atoms with Crippen LogP contribution in [0.3, 0.4) is 0 Å². The van der Waals surface area contributed by atoms with E-state index in [0.29, 0.717) is 6.10 Å². The summed E-state index contributed by atoms with van der Waals surface area (Å²) in [5.41, 5.74) is 0. The Kier molecular flexibility index (Phi) is 4.72. The first kappa shape index (κ1) is 8.92. The van der Waals surface area contributed by atoms with Gasteiger partial charge in [0, 0.05) is 13.7 Å². The summed E-state index contributed by atoms with van der Waals surface area (Å²) in [4.78, 5) is 2.14. The fraction of sp³-hybridized carbons (Fsp3) is 1.00. The van der Waals surface area contributed by atoms with Gasteiger partial charge in [-0.1, -0.05) is 6.92 Å². The van der Waals surface area contributed by atoms with Crippen LogP contribution in [0.4, 0.5) is 0 Å². The highest BCUT2D eigenvalue weighted by atomic mass is 16.5. The van der Waals surface area contributed by atoms with Crippen molar-refractivity contribution in [2.75, 3.05) is 27.7 Å². The summed E-state index contributed by atoms with van der Waals surface area (Å²) in [5, 5.41) is 0. The molecule has 0 aromatic rings. The second-order valence-electron chi connectivity index (χ2n) is 2.53. The smallest absolute Gasteiger partial charge is 0.0695 e. The molecule has 0 aliphatic heterocycles. The number of rotatable bonds is 4. The van der Waals surface area contributed by atoms with Crippen molar-refractivity contribution < 1.29 is 4.74 Å². The molecule has 0 radical (unpaired) electrons. The van der Waals surface area contributed by atoms with E-state index >= 15 is 0 Å². The summed E-state index contributed by atoms with van der Waals surface area (Å²) in [6.45, 7) is 3.16. The fourth-order valence-electron chi connectivity index (χ4n) is 0.778. The second kappa shape index (κ2) is 4.77. The fourth-order valence-corrected chi connectivity index (χ4v) is 0.778. The van der Waals surface area contributed by atoms with Gasteiger partial charge in [-0.3, -0.25) is 0 Å². The Hall–Kier alpha value is -0.0800. The standard InChI is InChI=1S/C7H17NO/c1-5-7(9-4)6-8(2)3/h7H,5-6H2,1-4H3/t7-/m1/s1. The van der Waals surface area contributed by atoms with Gasteiger partial charge in [0.25, 0.3) is 0 Å². The first-order chi connectivity index (χ1) is 4.20. The Bertz CT molecular complexity index is 59.9. The Morgan fingerprint density at radius 2 is 2.00 bits per heavy atom. The Morgan fingerprint density at radius 1 is 1.44 bits per heavy atom. The van der Waals surface area contributed by atoms with Crippen molar-refractivity contribution in [3.8, 4) is 0 Å². The van der Waals surface area contributed by atoms with Gasteiger partial charge in [-0.15, -0.1) is 0 Å². The summed E-state index contributed by atoms with van der Waals surface area (Å²) >= 11 is 0. The van der Waals surface area contributed by atoms with Gasteiger partial charge >= 0.3 is 0 Å². The van der Waals surface area contributed by atoms with Crippen LogP contribution in [-0.4, -0.2) is 38.8 Å². The van der Waals surface area contributed by atoms with Crippen LogP contribution in [0.2, 0.25) is 0 Å². The molecule has 2 nitrogen and oxygen atoms in total. The molecule has 0 amide bonds. The average molecular weight is 131 g/mol. The molecule has 0 aliphatic rings. The molecule has 0 spiro atoms. The van der Waals surface area contributed by atoms with Crippen molar-refractivity contribution in [2.45, 2.75) is 19.4 Å². The zero-order chi connectivity index (χ0) is 7.28. The predicted octanol–water partition coefficient (Wildman–Crippen LogP) is 0.973. The summed E-state index contributed by atoms with van der Waals surface area (Å²) in [7, 11) is 5.88.